The van der Waals surface area contributed by atoms with Gasteiger partial charge in [-0.2, -0.15) is 0 Å². The van der Waals surface area contributed by atoms with Crippen molar-refractivity contribution in [2.45, 2.75) is 25.8 Å². The van der Waals surface area contributed by atoms with Crippen LogP contribution in [-0.2, 0) is 0 Å². The molecule has 2 aromatic rings. The van der Waals surface area contributed by atoms with Crippen molar-refractivity contribution in [2.75, 3.05) is 5.73 Å². The highest BCUT2D eigenvalue weighted by Gasteiger charge is 2.28. The summed E-state index contributed by atoms with van der Waals surface area (Å²) in [6.07, 6.45) is 2.16. The average Bonchev–Trinajstić information content (AvgIpc) is 2.66. The lowest BCUT2D eigenvalue weighted by Crippen LogP contribution is -2.43. The summed E-state index contributed by atoms with van der Waals surface area (Å²) < 4.78 is 1.07. The zero-order chi connectivity index (χ0) is 12.7. The molecule has 3 N–H and O–H groups in total. The Morgan fingerprint density at radius 2 is 2.11 bits per heavy atom. The number of thiophene rings is 1. The second kappa shape index (κ2) is 4.28. The monoisotopic (exact) mass is 260 g/mol. The Bertz CT molecular complexity index is 599. The number of fused-ring (bicyclic) bond motifs is 1. The number of nitrogens with one attached hydrogen (secondary N) is 1. The van der Waals surface area contributed by atoms with Gasteiger partial charge in [0.1, 0.15) is 4.88 Å². The van der Waals surface area contributed by atoms with E-state index in [2.05, 4.69) is 12.2 Å². The molecular weight excluding hydrogens is 244 g/mol. The van der Waals surface area contributed by atoms with Crippen molar-refractivity contribution in [1.29, 1.82) is 0 Å². The maximum atomic E-state index is 12.2. The number of hydrogen-bond donors (Lipinski definition) is 2. The van der Waals surface area contributed by atoms with Gasteiger partial charge in [-0.1, -0.05) is 25.1 Å². The summed E-state index contributed by atoms with van der Waals surface area (Å²) in [4.78, 5) is 12.8. The molecule has 0 spiro atoms. The molecule has 0 unspecified atom stereocenters. The zero-order valence-electron chi connectivity index (χ0n) is 10.3. The molecule has 1 aliphatic carbocycles. The molecular formula is C14H16N2OS. The molecule has 0 aliphatic heterocycles. The third-order valence-electron chi connectivity index (χ3n) is 3.55. The number of nitrogens with two attached hydrogens (primary N) is 1. The molecule has 1 aromatic carbocycles. The normalized spacial score (nSPS) is 22.7. The summed E-state index contributed by atoms with van der Waals surface area (Å²) in [7, 11) is 0. The van der Waals surface area contributed by atoms with E-state index < -0.39 is 0 Å². The number of nitrogen functional groups attached to an aromatic ring is 1. The van der Waals surface area contributed by atoms with Crippen LogP contribution in [0.5, 0.6) is 0 Å². The Morgan fingerprint density at radius 1 is 1.39 bits per heavy atom. The van der Waals surface area contributed by atoms with Crippen LogP contribution in [0.1, 0.15) is 29.4 Å². The van der Waals surface area contributed by atoms with Gasteiger partial charge in [0, 0.05) is 16.1 Å². The van der Waals surface area contributed by atoms with Gasteiger partial charge in [0.15, 0.2) is 0 Å². The Balaban J connectivity index is 1.85. The molecule has 1 heterocycles. The van der Waals surface area contributed by atoms with E-state index in [0.29, 0.717) is 16.6 Å². The SMILES string of the molecule is CC1CC(NC(=O)c2sc3ccccc3c2N)C1. The van der Waals surface area contributed by atoms with E-state index in [-0.39, 0.29) is 5.91 Å². The Morgan fingerprint density at radius 3 is 2.78 bits per heavy atom. The van der Waals surface area contributed by atoms with Crippen LogP contribution in [0.3, 0.4) is 0 Å². The highest BCUT2D eigenvalue weighted by molar-refractivity contribution is 7.21. The summed E-state index contributed by atoms with van der Waals surface area (Å²) in [5, 5.41) is 4.04. The Hall–Kier alpha value is -1.55. The first-order valence-electron chi connectivity index (χ1n) is 6.23. The molecule has 1 saturated carbocycles. The van der Waals surface area contributed by atoms with Crippen LogP contribution in [-0.4, -0.2) is 11.9 Å². The Kier molecular flexibility index (Phi) is 2.74. The summed E-state index contributed by atoms with van der Waals surface area (Å²) in [6.45, 7) is 2.20. The van der Waals surface area contributed by atoms with Gasteiger partial charge in [-0.15, -0.1) is 11.3 Å². The van der Waals surface area contributed by atoms with E-state index in [1.54, 1.807) is 0 Å². The fourth-order valence-electron chi connectivity index (χ4n) is 2.51. The minimum atomic E-state index is -0.0226. The molecule has 94 valence electrons. The first-order valence-corrected chi connectivity index (χ1v) is 7.04. The third-order valence-corrected chi connectivity index (χ3v) is 4.73. The quantitative estimate of drug-likeness (QED) is 0.872. The summed E-state index contributed by atoms with van der Waals surface area (Å²) >= 11 is 1.47. The van der Waals surface area contributed by atoms with Gasteiger partial charge in [0.05, 0.1) is 5.69 Å². The fraction of sp³-hybridized carbons (Fsp3) is 0.357. The second-order valence-electron chi connectivity index (χ2n) is 5.09. The van der Waals surface area contributed by atoms with Gasteiger partial charge in [-0.25, -0.2) is 0 Å². The van der Waals surface area contributed by atoms with Crippen LogP contribution in [0, 0.1) is 5.92 Å². The van der Waals surface area contributed by atoms with Crippen LogP contribution >= 0.6 is 11.3 Å². The lowest BCUT2D eigenvalue weighted by atomic mass is 9.82. The summed E-state index contributed by atoms with van der Waals surface area (Å²) in [5.74, 6) is 0.709. The number of carbonyl (C=O) groups excluding carboxylic acids is 1. The molecule has 4 heteroatoms. The minimum absolute atomic E-state index is 0.0226. The lowest BCUT2D eigenvalue weighted by Gasteiger charge is -2.33. The number of hydrogen-bond acceptors (Lipinski definition) is 3. The van der Waals surface area contributed by atoms with Crippen LogP contribution in [0.2, 0.25) is 0 Å². The van der Waals surface area contributed by atoms with Crippen LogP contribution in [0.25, 0.3) is 10.1 Å². The van der Waals surface area contributed by atoms with Gasteiger partial charge >= 0.3 is 0 Å². The van der Waals surface area contributed by atoms with Gasteiger partial charge in [-0.3, -0.25) is 4.79 Å². The minimum Gasteiger partial charge on any atom is -0.397 e. The van der Waals surface area contributed by atoms with Crippen LogP contribution < -0.4 is 11.1 Å². The molecule has 0 saturated heterocycles. The van der Waals surface area contributed by atoms with Crippen molar-refractivity contribution in [3.05, 3.63) is 29.1 Å². The molecule has 1 fully saturated rings. The van der Waals surface area contributed by atoms with E-state index in [4.69, 9.17) is 5.73 Å². The topological polar surface area (TPSA) is 55.1 Å². The standard InChI is InChI=1S/C14H16N2OS/c1-8-6-9(7-8)16-14(17)13-12(15)10-4-2-3-5-11(10)18-13/h2-5,8-9H,6-7,15H2,1H3,(H,16,17). The third kappa shape index (κ3) is 1.86. The van der Waals surface area contributed by atoms with Gasteiger partial charge in [0.2, 0.25) is 0 Å². The van der Waals surface area contributed by atoms with Crippen molar-refractivity contribution in [2.24, 2.45) is 5.92 Å². The number of rotatable bonds is 2. The lowest BCUT2D eigenvalue weighted by molar-refractivity contribution is 0.0901. The predicted molar refractivity (Wildman–Crippen MR) is 75.9 cm³/mol. The van der Waals surface area contributed by atoms with E-state index in [9.17, 15) is 4.79 Å². The second-order valence-corrected chi connectivity index (χ2v) is 6.14. The zero-order valence-corrected chi connectivity index (χ0v) is 11.1. The van der Waals surface area contributed by atoms with Crippen molar-refractivity contribution in [1.82, 2.24) is 5.32 Å². The molecule has 0 radical (unpaired) electrons. The van der Waals surface area contributed by atoms with Crippen molar-refractivity contribution < 1.29 is 4.79 Å². The van der Waals surface area contributed by atoms with E-state index in [1.165, 1.54) is 11.3 Å². The van der Waals surface area contributed by atoms with Gasteiger partial charge in [0.25, 0.3) is 5.91 Å². The summed E-state index contributed by atoms with van der Waals surface area (Å²) in [6, 6.07) is 8.20. The van der Waals surface area contributed by atoms with Crippen LogP contribution in [0.4, 0.5) is 5.69 Å². The van der Waals surface area contributed by atoms with E-state index >= 15 is 0 Å². The molecule has 0 atom stereocenters. The average molecular weight is 260 g/mol. The molecule has 1 amide bonds. The molecule has 0 bridgehead atoms. The maximum absolute atomic E-state index is 12.2. The van der Waals surface area contributed by atoms with Crippen molar-refractivity contribution in [3.63, 3.8) is 0 Å². The highest BCUT2D eigenvalue weighted by atomic mass is 32.1. The smallest absolute Gasteiger partial charge is 0.263 e. The van der Waals surface area contributed by atoms with Gasteiger partial charge in [-0.05, 0) is 24.8 Å². The highest BCUT2D eigenvalue weighted by Crippen LogP contribution is 2.34. The van der Waals surface area contributed by atoms with Gasteiger partial charge < -0.3 is 11.1 Å². The molecule has 18 heavy (non-hydrogen) atoms. The largest absolute Gasteiger partial charge is 0.397 e. The molecule has 3 nitrogen and oxygen atoms in total. The van der Waals surface area contributed by atoms with E-state index in [0.717, 1.165) is 28.8 Å². The number of carbonyl (C=O) groups is 1. The molecule has 1 aliphatic rings. The fourth-order valence-corrected chi connectivity index (χ4v) is 3.53. The molecule has 3 rings (SSSR count). The Labute approximate surface area is 110 Å². The maximum Gasteiger partial charge on any atom is 0.263 e. The first kappa shape index (κ1) is 11.5. The number of benzene rings is 1. The summed E-state index contributed by atoms with van der Waals surface area (Å²) in [5.41, 5.74) is 6.66. The first-order chi connectivity index (χ1) is 8.65. The predicted octanol–water partition coefficient (Wildman–Crippen LogP) is 3.01. The van der Waals surface area contributed by atoms with Crippen LogP contribution in [0.15, 0.2) is 24.3 Å². The van der Waals surface area contributed by atoms with Crippen molar-refractivity contribution >= 4 is 33.0 Å². The molecule has 1 aromatic heterocycles. The number of amides is 1. The van der Waals surface area contributed by atoms with Crippen molar-refractivity contribution in [3.8, 4) is 0 Å². The number of anilines is 1. The van der Waals surface area contributed by atoms with E-state index in [1.807, 2.05) is 24.3 Å².